The summed E-state index contributed by atoms with van der Waals surface area (Å²) in [6.45, 7) is 2.08. The van der Waals surface area contributed by atoms with Crippen LogP contribution in [0, 0.1) is 0 Å². The van der Waals surface area contributed by atoms with Gasteiger partial charge >= 0.3 is 0 Å². The van der Waals surface area contributed by atoms with Gasteiger partial charge in [-0.1, -0.05) is 6.92 Å². The average molecular weight is 254 g/mol. The summed E-state index contributed by atoms with van der Waals surface area (Å²) in [6, 6.07) is 0.334. The molecule has 2 rings (SSSR count). The minimum absolute atomic E-state index is 0.0731. The van der Waals surface area contributed by atoms with Crippen molar-refractivity contribution in [3.8, 4) is 0 Å². The van der Waals surface area contributed by atoms with Gasteiger partial charge in [-0.05, 0) is 18.6 Å². The Morgan fingerprint density at radius 2 is 2.47 bits per heavy atom. The Kier molecular flexibility index (Phi) is 4.04. The minimum Gasteiger partial charge on any atom is -0.335 e. The number of nitrogens with zero attached hydrogens (tertiary/aromatic N) is 3. The van der Waals surface area contributed by atoms with Crippen molar-refractivity contribution in [3.05, 3.63) is 11.6 Å². The van der Waals surface area contributed by atoms with Gasteiger partial charge < -0.3 is 4.90 Å². The van der Waals surface area contributed by atoms with E-state index in [0.717, 1.165) is 36.6 Å². The zero-order valence-electron chi connectivity index (χ0n) is 10.3. The van der Waals surface area contributed by atoms with E-state index >= 15 is 0 Å². The maximum atomic E-state index is 12.1. The van der Waals surface area contributed by atoms with Gasteiger partial charge in [-0.25, -0.2) is 4.98 Å². The van der Waals surface area contributed by atoms with Gasteiger partial charge in [0, 0.05) is 25.3 Å². The van der Waals surface area contributed by atoms with Gasteiger partial charge in [-0.15, -0.1) is 5.10 Å². The van der Waals surface area contributed by atoms with Gasteiger partial charge in [0.15, 0.2) is 0 Å². The Morgan fingerprint density at radius 1 is 1.65 bits per heavy atom. The first-order chi connectivity index (χ1) is 8.22. The lowest BCUT2D eigenvalue weighted by Gasteiger charge is -2.22. The number of hydrogen-bond acceptors (Lipinski definition) is 4. The molecule has 0 radical (unpaired) electrons. The summed E-state index contributed by atoms with van der Waals surface area (Å²) in [7, 11) is 1.84. The first kappa shape index (κ1) is 12.4. The Morgan fingerprint density at radius 3 is 3.12 bits per heavy atom. The zero-order valence-corrected chi connectivity index (χ0v) is 11.1. The SMILES string of the molecule is CCCc1nc(C(=O)N(C)C2CCSC2)n[nH]1. The fourth-order valence-corrected chi connectivity index (χ4v) is 3.16. The van der Waals surface area contributed by atoms with Crippen molar-refractivity contribution in [1.29, 1.82) is 0 Å². The fourth-order valence-electron chi connectivity index (χ4n) is 1.89. The van der Waals surface area contributed by atoms with Crippen LogP contribution in [0.4, 0.5) is 0 Å². The minimum atomic E-state index is -0.0731. The van der Waals surface area contributed by atoms with E-state index in [1.54, 1.807) is 4.90 Å². The van der Waals surface area contributed by atoms with Crippen LogP contribution in [-0.4, -0.2) is 50.6 Å². The third-order valence-electron chi connectivity index (χ3n) is 2.98. The van der Waals surface area contributed by atoms with E-state index in [2.05, 4.69) is 22.1 Å². The number of H-pyrrole nitrogens is 1. The average Bonchev–Trinajstić information content (AvgIpc) is 2.98. The van der Waals surface area contributed by atoms with Gasteiger partial charge in [0.1, 0.15) is 5.82 Å². The highest BCUT2D eigenvalue weighted by Gasteiger charge is 2.26. The Balaban J connectivity index is 2.02. The van der Waals surface area contributed by atoms with Crippen molar-refractivity contribution in [1.82, 2.24) is 20.1 Å². The highest BCUT2D eigenvalue weighted by Crippen LogP contribution is 2.22. The molecule has 1 aromatic rings. The predicted molar refractivity (Wildman–Crippen MR) is 68.2 cm³/mol. The number of aromatic amines is 1. The molecule has 2 heterocycles. The van der Waals surface area contributed by atoms with Crippen molar-refractivity contribution >= 4 is 17.7 Å². The molecule has 0 aromatic carbocycles. The lowest BCUT2D eigenvalue weighted by Crippen LogP contribution is -2.37. The smallest absolute Gasteiger partial charge is 0.293 e. The van der Waals surface area contributed by atoms with E-state index in [1.807, 2.05) is 18.8 Å². The summed E-state index contributed by atoms with van der Waals surface area (Å²) >= 11 is 1.89. The molecule has 1 unspecified atom stereocenters. The molecular formula is C11H18N4OS. The second-order valence-corrected chi connectivity index (χ2v) is 5.44. The van der Waals surface area contributed by atoms with E-state index in [-0.39, 0.29) is 5.91 Å². The monoisotopic (exact) mass is 254 g/mol. The van der Waals surface area contributed by atoms with Gasteiger partial charge in [0.2, 0.25) is 5.82 Å². The van der Waals surface area contributed by atoms with Crippen molar-refractivity contribution in [2.45, 2.75) is 32.2 Å². The molecular weight excluding hydrogens is 236 g/mol. The highest BCUT2D eigenvalue weighted by atomic mass is 32.2. The van der Waals surface area contributed by atoms with E-state index in [4.69, 9.17) is 0 Å². The summed E-state index contributed by atoms with van der Waals surface area (Å²) in [5.74, 6) is 3.18. The van der Waals surface area contributed by atoms with E-state index in [9.17, 15) is 4.79 Å². The van der Waals surface area contributed by atoms with Crippen LogP contribution in [-0.2, 0) is 6.42 Å². The number of aromatic nitrogens is 3. The Bertz CT molecular complexity index is 387. The number of amides is 1. The summed E-state index contributed by atoms with van der Waals surface area (Å²) < 4.78 is 0. The number of carbonyl (C=O) groups excluding carboxylic acids is 1. The number of carbonyl (C=O) groups is 1. The van der Waals surface area contributed by atoms with Crippen LogP contribution in [0.25, 0.3) is 0 Å². The Labute approximate surface area is 105 Å². The number of thioether (sulfide) groups is 1. The van der Waals surface area contributed by atoms with Gasteiger partial charge in [-0.2, -0.15) is 11.8 Å². The summed E-state index contributed by atoms with van der Waals surface area (Å²) in [5, 5.41) is 6.81. The van der Waals surface area contributed by atoms with Crippen LogP contribution in [0.15, 0.2) is 0 Å². The van der Waals surface area contributed by atoms with Crippen molar-refractivity contribution in [2.75, 3.05) is 18.6 Å². The third kappa shape index (κ3) is 2.80. The zero-order chi connectivity index (χ0) is 12.3. The highest BCUT2D eigenvalue weighted by molar-refractivity contribution is 7.99. The molecule has 1 aromatic heterocycles. The molecule has 1 saturated heterocycles. The lowest BCUT2D eigenvalue weighted by atomic mass is 10.2. The first-order valence-corrected chi connectivity index (χ1v) is 7.14. The Hall–Kier alpha value is -1.04. The van der Waals surface area contributed by atoms with Crippen molar-refractivity contribution in [2.24, 2.45) is 0 Å². The molecule has 1 atom stereocenters. The lowest BCUT2D eigenvalue weighted by molar-refractivity contribution is 0.0736. The van der Waals surface area contributed by atoms with E-state index in [0.29, 0.717) is 11.9 Å². The van der Waals surface area contributed by atoms with Gasteiger partial charge in [0.25, 0.3) is 5.91 Å². The second kappa shape index (κ2) is 5.53. The molecule has 0 aliphatic carbocycles. The van der Waals surface area contributed by atoms with Crippen LogP contribution >= 0.6 is 11.8 Å². The molecule has 6 heteroatoms. The molecule has 1 aliphatic rings. The maximum absolute atomic E-state index is 12.1. The normalized spacial score (nSPS) is 19.5. The third-order valence-corrected chi connectivity index (χ3v) is 4.13. The maximum Gasteiger partial charge on any atom is 0.293 e. The summed E-state index contributed by atoms with van der Waals surface area (Å²) in [5.41, 5.74) is 0. The standard InChI is InChI=1S/C11H18N4OS/c1-3-4-9-12-10(14-13-9)11(16)15(2)8-5-6-17-7-8/h8H,3-7H2,1-2H3,(H,12,13,14). The van der Waals surface area contributed by atoms with E-state index in [1.165, 1.54) is 0 Å². The number of hydrogen-bond donors (Lipinski definition) is 1. The van der Waals surface area contributed by atoms with E-state index < -0.39 is 0 Å². The molecule has 0 spiro atoms. The quantitative estimate of drug-likeness (QED) is 0.880. The molecule has 94 valence electrons. The van der Waals surface area contributed by atoms with Gasteiger partial charge in [0.05, 0.1) is 0 Å². The van der Waals surface area contributed by atoms with Crippen LogP contribution in [0.5, 0.6) is 0 Å². The van der Waals surface area contributed by atoms with Crippen LogP contribution in [0.1, 0.15) is 36.2 Å². The molecule has 0 saturated carbocycles. The molecule has 1 aliphatic heterocycles. The number of aryl methyl sites for hydroxylation is 1. The molecule has 17 heavy (non-hydrogen) atoms. The fraction of sp³-hybridized carbons (Fsp3) is 0.727. The van der Waals surface area contributed by atoms with Crippen molar-refractivity contribution < 1.29 is 4.79 Å². The summed E-state index contributed by atoms with van der Waals surface area (Å²) in [6.07, 6.45) is 2.90. The molecule has 1 N–H and O–H groups in total. The molecule has 1 amide bonds. The molecule has 0 bridgehead atoms. The van der Waals surface area contributed by atoms with Crippen LogP contribution < -0.4 is 0 Å². The van der Waals surface area contributed by atoms with Gasteiger partial charge in [-0.3, -0.25) is 9.89 Å². The largest absolute Gasteiger partial charge is 0.335 e. The van der Waals surface area contributed by atoms with Crippen LogP contribution in [0.3, 0.4) is 0 Å². The topological polar surface area (TPSA) is 61.9 Å². The predicted octanol–water partition coefficient (Wildman–Crippen LogP) is 1.33. The first-order valence-electron chi connectivity index (χ1n) is 5.98. The van der Waals surface area contributed by atoms with Crippen molar-refractivity contribution in [3.63, 3.8) is 0 Å². The number of rotatable bonds is 4. The summed E-state index contributed by atoms with van der Waals surface area (Å²) in [4.78, 5) is 18.1. The second-order valence-electron chi connectivity index (χ2n) is 4.29. The molecule has 1 fully saturated rings. The molecule has 5 nitrogen and oxygen atoms in total. The number of nitrogens with one attached hydrogen (secondary N) is 1. The van der Waals surface area contributed by atoms with Crippen LogP contribution in [0.2, 0.25) is 0 Å².